The Balaban J connectivity index is 2.46. The van der Waals surface area contributed by atoms with Crippen molar-refractivity contribution in [3.63, 3.8) is 0 Å². The molecule has 0 N–H and O–H groups in total. The zero-order chi connectivity index (χ0) is 10.3. The van der Waals surface area contributed by atoms with Gasteiger partial charge >= 0.3 is 0 Å². The molecule has 0 saturated heterocycles. The van der Waals surface area contributed by atoms with Crippen LogP contribution >= 0.6 is 0 Å². The lowest BCUT2D eigenvalue weighted by atomic mass is 9.98. The van der Waals surface area contributed by atoms with Gasteiger partial charge in [-0.3, -0.25) is 4.90 Å². The summed E-state index contributed by atoms with van der Waals surface area (Å²) in [5, 5.41) is 0. The third-order valence-electron chi connectivity index (χ3n) is 2.85. The normalized spacial score (nSPS) is 16.4. The van der Waals surface area contributed by atoms with E-state index in [-0.39, 0.29) is 5.82 Å². The van der Waals surface area contributed by atoms with Crippen LogP contribution in [-0.4, -0.2) is 11.9 Å². The average Bonchev–Trinajstić information content (AvgIpc) is 2.45. The smallest absolute Gasteiger partial charge is 0.128 e. The number of fused-ring (bicyclic) bond motifs is 1. The Bertz CT molecular complexity index is 358. The molecule has 1 aliphatic rings. The summed E-state index contributed by atoms with van der Waals surface area (Å²) in [5.74, 6) is 0.372. The molecule has 1 aliphatic heterocycles. The molecule has 0 unspecified atom stereocenters. The van der Waals surface area contributed by atoms with E-state index in [4.69, 9.17) is 0 Å². The number of halogens is 1. The molecule has 0 aromatic heterocycles. The van der Waals surface area contributed by atoms with Crippen molar-refractivity contribution in [3.8, 4) is 0 Å². The van der Waals surface area contributed by atoms with Crippen molar-refractivity contribution in [3.05, 3.63) is 34.6 Å². The average molecular weight is 193 g/mol. The predicted molar refractivity (Wildman–Crippen MR) is 55.7 cm³/mol. The summed E-state index contributed by atoms with van der Waals surface area (Å²) in [6, 6.07) is 3.83. The number of hydrogen-bond donors (Lipinski definition) is 0. The Morgan fingerprint density at radius 2 is 2.00 bits per heavy atom. The predicted octanol–water partition coefficient (Wildman–Crippen LogP) is 2.89. The van der Waals surface area contributed by atoms with E-state index in [2.05, 4.69) is 24.8 Å². The molecule has 2 rings (SSSR count). The van der Waals surface area contributed by atoms with E-state index in [1.165, 1.54) is 0 Å². The van der Waals surface area contributed by atoms with E-state index in [9.17, 15) is 4.39 Å². The summed E-state index contributed by atoms with van der Waals surface area (Å²) in [7, 11) is 2.02. The molecule has 14 heavy (non-hydrogen) atoms. The van der Waals surface area contributed by atoms with Crippen LogP contribution < -0.4 is 0 Å². The highest BCUT2D eigenvalue weighted by Crippen LogP contribution is 2.28. The molecule has 1 aromatic rings. The number of hydrogen-bond acceptors (Lipinski definition) is 1. The second-order valence-corrected chi connectivity index (χ2v) is 4.47. The summed E-state index contributed by atoms with van der Waals surface area (Å²) >= 11 is 0. The maximum atomic E-state index is 13.7. The van der Waals surface area contributed by atoms with Crippen molar-refractivity contribution in [2.24, 2.45) is 0 Å². The third kappa shape index (κ3) is 1.55. The van der Waals surface area contributed by atoms with E-state index >= 15 is 0 Å². The number of nitrogens with zero attached hydrogens (tertiary/aromatic N) is 1. The van der Waals surface area contributed by atoms with Gasteiger partial charge in [0.1, 0.15) is 5.82 Å². The first-order valence-electron chi connectivity index (χ1n) is 5.07. The molecule has 76 valence electrons. The summed E-state index contributed by atoms with van der Waals surface area (Å²) in [4.78, 5) is 2.14. The van der Waals surface area contributed by atoms with E-state index in [0.717, 1.165) is 29.8 Å². The standard InChI is InChI=1S/C12H16FN/c1-8(2)9-4-10-6-14(3)7-11(10)12(13)5-9/h4-5,8H,6-7H2,1-3H3. The van der Waals surface area contributed by atoms with Crippen molar-refractivity contribution in [2.75, 3.05) is 7.05 Å². The van der Waals surface area contributed by atoms with Gasteiger partial charge in [0, 0.05) is 18.7 Å². The fraction of sp³-hybridized carbons (Fsp3) is 0.500. The number of rotatable bonds is 1. The van der Waals surface area contributed by atoms with Crippen LogP contribution in [0.3, 0.4) is 0 Å². The molecule has 0 amide bonds. The monoisotopic (exact) mass is 193 g/mol. The van der Waals surface area contributed by atoms with Crippen LogP contribution in [0.25, 0.3) is 0 Å². The Hall–Kier alpha value is -0.890. The van der Waals surface area contributed by atoms with E-state index in [1.807, 2.05) is 7.05 Å². The summed E-state index contributed by atoms with van der Waals surface area (Å²) < 4.78 is 13.7. The van der Waals surface area contributed by atoms with Crippen LogP contribution in [0.4, 0.5) is 4.39 Å². The van der Waals surface area contributed by atoms with Crippen LogP contribution in [0.2, 0.25) is 0 Å². The van der Waals surface area contributed by atoms with Crippen LogP contribution in [0, 0.1) is 5.82 Å². The van der Waals surface area contributed by atoms with Crippen LogP contribution in [0.1, 0.15) is 36.5 Å². The van der Waals surface area contributed by atoms with Gasteiger partial charge in [-0.15, -0.1) is 0 Å². The highest BCUT2D eigenvalue weighted by Gasteiger charge is 2.20. The SMILES string of the molecule is CC(C)c1cc(F)c2c(c1)CN(C)C2. The summed E-state index contributed by atoms with van der Waals surface area (Å²) in [6.07, 6.45) is 0. The van der Waals surface area contributed by atoms with Gasteiger partial charge in [0.05, 0.1) is 0 Å². The Morgan fingerprint density at radius 1 is 1.29 bits per heavy atom. The molecular formula is C12H16FN. The van der Waals surface area contributed by atoms with Gasteiger partial charge in [0.2, 0.25) is 0 Å². The van der Waals surface area contributed by atoms with Crippen molar-refractivity contribution in [2.45, 2.75) is 32.9 Å². The van der Waals surface area contributed by atoms with Gasteiger partial charge in [-0.1, -0.05) is 19.9 Å². The lowest BCUT2D eigenvalue weighted by Crippen LogP contribution is -2.07. The highest BCUT2D eigenvalue weighted by molar-refractivity contribution is 5.37. The van der Waals surface area contributed by atoms with Crippen molar-refractivity contribution in [1.29, 1.82) is 0 Å². The first kappa shape index (κ1) is 9.66. The van der Waals surface area contributed by atoms with E-state index < -0.39 is 0 Å². The molecule has 1 heterocycles. The largest absolute Gasteiger partial charge is 0.298 e. The van der Waals surface area contributed by atoms with Gasteiger partial charge in [-0.05, 0) is 30.2 Å². The van der Waals surface area contributed by atoms with E-state index in [0.29, 0.717) is 5.92 Å². The fourth-order valence-electron chi connectivity index (χ4n) is 1.98. The molecule has 0 radical (unpaired) electrons. The Labute approximate surface area is 84.5 Å². The molecule has 1 nitrogen and oxygen atoms in total. The molecule has 0 fully saturated rings. The molecule has 0 aliphatic carbocycles. The second kappa shape index (κ2) is 3.35. The van der Waals surface area contributed by atoms with Crippen LogP contribution in [0.15, 0.2) is 12.1 Å². The van der Waals surface area contributed by atoms with E-state index in [1.54, 1.807) is 6.07 Å². The summed E-state index contributed by atoms with van der Waals surface area (Å²) in [5.41, 5.74) is 3.16. The zero-order valence-electron chi connectivity index (χ0n) is 8.97. The molecule has 2 heteroatoms. The highest BCUT2D eigenvalue weighted by atomic mass is 19.1. The minimum absolute atomic E-state index is 0.0319. The van der Waals surface area contributed by atoms with Gasteiger partial charge in [0.25, 0.3) is 0 Å². The third-order valence-corrected chi connectivity index (χ3v) is 2.85. The molecule has 1 aromatic carbocycles. The van der Waals surface area contributed by atoms with Gasteiger partial charge in [0.15, 0.2) is 0 Å². The lowest BCUT2D eigenvalue weighted by molar-refractivity contribution is 0.350. The maximum absolute atomic E-state index is 13.7. The zero-order valence-corrected chi connectivity index (χ0v) is 8.97. The quantitative estimate of drug-likeness (QED) is 0.663. The van der Waals surface area contributed by atoms with Gasteiger partial charge in [-0.2, -0.15) is 0 Å². The molecule has 0 atom stereocenters. The van der Waals surface area contributed by atoms with Crippen molar-refractivity contribution < 1.29 is 4.39 Å². The topological polar surface area (TPSA) is 3.24 Å². The second-order valence-electron chi connectivity index (χ2n) is 4.47. The fourth-order valence-corrected chi connectivity index (χ4v) is 1.98. The first-order valence-corrected chi connectivity index (χ1v) is 5.07. The molecule has 0 saturated carbocycles. The molecule has 0 spiro atoms. The first-order chi connectivity index (χ1) is 6.58. The number of benzene rings is 1. The Morgan fingerprint density at radius 3 is 2.64 bits per heavy atom. The van der Waals surface area contributed by atoms with Crippen molar-refractivity contribution in [1.82, 2.24) is 4.90 Å². The Kier molecular flexibility index (Phi) is 2.31. The lowest BCUT2D eigenvalue weighted by Gasteiger charge is -2.08. The summed E-state index contributed by atoms with van der Waals surface area (Å²) in [6.45, 7) is 5.83. The maximum Gasteiger partial charge on any atom is 0.128 e. The minimum Gasteiger partial charge on any atom is -0.298 e. The molecular weight excluding hydrogens is 177 g/mol. The van der Waals surface area contributed by atoms with Gasteiger partial charge in [-0.25, -0.2) is 4.39 Å². The molecule has 0 bridgehead atoms. The van der Waals surface area contributed by atoms with Crippen molar-refractivity contribution >= 4 is 0 Å². The van der Waals surface area contributed by atoms with Crippen LogP contribution in [-0.2, 0) is 13.1 Å². The van der Waals surface area contributed by atoms with Crippen LogP contribution in [0.5, 0.6) is 0 Å². The van der Waals surface area contributed by atoms with Gasteiger partial charge < -0.3 is 0 Å². The minimum atomic E-state index is -0.0319.